The van der Waals surface area contributed by atoms with Gasteiger partial charge in [-0.25, -0.2) is 0 Å². The van der Waals surface area contributed by atoms with Crippen molar-refractivity contribution in [1.29, 1.82) is 0 Å². The number of nitrogens with one attached hydrogen (secondary N) is 1. The molecule has 110 valence electrons. The molecule has 1 heterocycles. The number of nitrogens with zero attached hydrogens (tertiary/aromatic N) is 2. The number of halogens is 1. The lowest BCUT2D eigenvalue weighted by Gasteiger charge is -2.29. The summed E-state index contributed by atoms with van der Waals surface area (Å²) < 4.78 is 1.75. The minimum absolute atomic E-state index is 0.103. The molecule has 1 amide bonds. The van der Waals surface area contributed by atoms with Crippen LogP contribution in [0.5, 0.6) is 0 Å². The topological polar surface area (TPSA) is 46.9 Å². The Hall–Kier alpha value is -1.62. The first-order chi connectivity index (χ1) is 10.1. The van der Waals surface area contributed by atoms with Crippen molar-refractivity contribution in [1.82, 2.24) is 15.1 Å². The van der Waals surface area contributed by atoms with Crippen molar-refractivity contribution in [2.75, 3.05) is 0 Å². The second-order valence-electron chi connectivity index (χ2n) is 5.58. The fourth-order valence-corrected chi connectivity index (χ4v) is 3.70. The Kier molecular flexibility index (Phi) is 3.85. The van der Waals surface area contributed by atoms with Gasteiger partial charge in [0, 0.05) is 23.3 Å². The summed E-state index contributed by atoms with van der Waals surface area (Å²) in [6, 6.07) is 7.91. The zero-order valence-corrected chi connectivity index (χ0v) is 13.6. The molecule has 1 saturated carbocycles. The molecule has 1 aliphatic rings. The smallest absolute Gasteiger partial charge is 0.272 e. The minimum atomic E-state index is -0.103. The predicted molar refractivity (Wildman–Crippen MR) is 87.7 cm³/mol. The monoisotopic (exact) mass is 347 g/mol. The number of fused-ring (bicyclic) bond motifs is 1. The van der Waals surface area contributed by atoms with Crippen LogP contribution in [0.1, 0.15) is 29.8 Å². The molecule has 3 rings (SSSR count). The molecule has 2 aromatic rings. The van der Waals surface area contributed by atoms with E-state index in [9.17, 15) is 4.79 Å². The van der Waals surface area contributed by atoms with E-state index in [-0.39, 0.29) is 16.8 Å². The number of aryl methyl sites for hydroxylation is 1. The highest BCUT2D eigenvalue weighted by Gasteiger charge is 2.27. The second kappa shape index (κ2) is 5.64. The summed E-state index contributed by atoms with van der Waals surface area (Å²) in [6.45, 7) is 4.02. The third-order valence-corrected chi connectivity index (χ3v) is 4.98. The SMILES string of the molecule is C=C1CCC(NC(=O)c2nn(C)c3ccccc23)C(Br)C1. The number of allylic oxidation sites excluding steroid dienone is 1. The van der Waals surface area contributed by atoms with Gasteiger partial charge in [0.15, 0.2) is 5.69 Å². The molecule has 0 radical (unpaired) electrons. The zero-order valence-electron chi connectivity index (χ0n) is 12.0. The van der Waals surface area contributed by atoms with Crippen LogP contribution in [0.15, 0.2) is 36.4 Å². The van der Waals surface area contributed by atoms with E-state index in [1.165, 1.54) is 5.57 Å². The van der Waals surface area contributed by atoms with Gasteiger partial charge in [-0.1, -0.05) is 46.3 Å². The lowest BCUT2D eigenvalue weighted by atomic mass is 9.91. The van der Waals surface area contributed by atoms with Crippen LogP contribution in [0, 0.1) is 0 Å². The van der Waals surface area contributed by atoms with E-state index in [1.54, 1.807) is 4.68 Å². The molecule has 0 bridgehead atoms. The third kappa shape index (κ3) is 2.75. The average molecular weight is 348 g/mol. The summed E-state index contributed by atoms with van der Waals surface area (Å²) in [5, 5.41) is 8.37. The summed E-state index contributed by atoms with van der Waals surface area (Å²) in [7, 11) is 1.86. The fraction of sp³-hybridized carbons (Fsp3) is 0.375. The number of alkyl halides is 1. The Bertz CT molecular complexity index is 707. The zero-order chi connectivity index (χ0) is 15.0. The Morgan fingerprint density at radius 1 is 1.48 bits per heavy atom. The highest BCUT2D eigenvalue weighted by Crippen LogP contribution is 2.28. The van der Waals surface area contributed by atoms with Crippen molar-refractivity contribution in [3.05, 3.63) is 42.1 Å². The summed E-state index contributed by atoms with van der Waals surface area (Å²) in [5.41, 5.74) is 2.71. The number of amides is 1. The molecule has 2 atom stereocenters. The van der Waals surface area contributed by atoms with Crippen molar-refractivity contribution in [2.24, 2.45) is 7.05 Å². The molecule has 5 heteroatoms. The van der Waals surface area contributed by atoms with Crippen molar-refractivity contribution in [3.8, 4) is 0 Å². The van der Waals surface area contributed by atoms with Crippen LogP contribution in [0.2, 0.25) is 0 Å². The number of hydrogen-bond acceptors (Lipinski definition) is 2. The molecule has 0 saturated heterocycles. The number of rotatable bonds is 2. The van der Waals surface area contributed by atoms with Gasteiger partial charge in [-0.2, -0.15) is 5.10 Å². The Balaban J connectivity index is 1.83. The highest BCUT2D eigenvalue weighted by atomic mass is 79.9. The fourth-order valence-electron chi connectivity index (χ4n) is 2.84. The molecule has 0 aliphatic heterocycles. The van der Waals surface area contributed by atoms with Gasteiger partial charge < -0.3 is 5.32 Å². The quantitative estimate of drug-likeness (QED) is 0.669. The molecule has 2 unspecified atom stereocenters. The maximum absolute atomic E-state index is 12.5. The normalized spacial score (nSPS) is 22.5. The van der Waals surface area contributed by atoms with E-state index in [2.05, 4.69) is 32.9 Å². The van der Waals surface area contributed by atoms with Crippen molar-refractivity contribution in [2.45, 2.75) is 30.1 Å². The predicted octanol–water partition coefficient (Wildman–Crippen LogP) is 3.18. The molecule has 1 aromatic carbocycles. The van der Waals surface area contributed by atoms with Crippen LogP contribution in [0.3, 0.4) is 0 Å². The molecule has 1 N–H and O–H groups in total. The van der Waals surface area contributed by atoms with Crippen LogP contribution in [0.25, 0.3) is 10.9 Å². The van der Waals surface area contributed by atoms with Crippen LogP contribution in [-0.4, -0.2) is 26.6 Å². The van der Waals surface area contributed by atoms with Gasteiger partial charge in [-0.05, 0) is 25.3 Å². The Morgan fingerprint density at radius 3 is 3.00 bits per heavy atom. The molecular formula is C16H18BrN3O. The van der Waals surface area contributed by atoms with E-state index in [1.807, 2.05) is 31.3 Å². The van der Waals surface area contributed by atoms with Crippen LogP contribution in [-0.2, 0) is 7.05 Å². The first kappa shape index (κ1) is 14.3. The van der Waals surface area contributed by atoms with E-state index >= 15 is 0 Å². The lowest BCUT2D eigenvalue weighted by molar-refractivity contribution is 0.0928. The lowest BCUT2D eigenvalue weighted by Crippen LogP contribution is -2.43. The largest absolute Gasteiger partial charge is 0.347 e. The number of benzene rings is 1. The summed E-state index contributed by atoms with van der Waals surface area (Å²) in [6.07, 6.45) is 2.80. The summed E-state index contributed by atoms with van der Waals surface area (Å²) >= 11 is 3.65. The number of carbonyl (C=O) groups is 1. The minimum Gasteiger partial charge on any atom is -0.347 e. The van der Waals surface area contributed by atoms with E-state index in [0.29, 0.717) is 5.69 Å². The third-order valence-electron chi connectivity index (χ3n) is 4.02. The number of aromatic nitrogens is 2. The van der Waals surface area contributed by atoms with Gasteiger partial charge in [0.2, 0.25) is 0 Å². The van der Waals surface area contributed by atoms with E-state index in [0.717, 1.165) is 30.2 Å². The number of hydrogen-bond donors (Lipinski definition) is 1. The first-order valence-electron chi connectivity index (χ1n) is 7.09. The van der Waals surface area contributed by atoms with Crippen LogP contribution in [0.4, 0.5) is 0 Å². The van der Waals surface area contributed by atoms with Gasteiger partial charge in [0.1, 0.15) is 0 Å². The average Bonchev–Trinajstić information content (AvgIpc) is 2.80. The molecule has 1 aromatic heterocycles. The molecular weight excluding hydrogens is 330 g/mol. The van der Waals surface area contributed by atoms with Crippen molar-refractivity contribution < 1.29 is 4.79 Å². The first-order valence-corrected chi connectivity index (χ1v) is 8.01. The van der Waals surface area contributed by atoms with Crippen molar-refractivity contribution in [3.63, 3.8) is 0 Å². The number of para-hydroxylation sites is 1. The van der Waals surface area contributed by atoms with Crippen LogP contribution >= 0.6 is 15.9 Å². The number of carbonyl (C=O) groups excluding carboxylic acids is 1. The Morgan fingerprint density at radius 2 is 2.24 bits per heavy atom. The molecule has 1 aliphatic carbocycles. The molecule has 4 nitrogen and oxygen atoms in total. The van der Waals surface area contributed by atoms with Gasteiger partial charge in [-0.3, -0.25) is 9.48 Å². The van der Waals surface area contributed by atoms with Crippen LogP contribution < -0.4 is 5.32 Å². The summed E-state index contributed by atoms with van der Waals surface area (Å²) in [5.74, 6) is -0.103. The summed E-state index contributed by atoms with van der Waals surface area (Å²) in [4.78, 5) is 12.8. The highest BCUT2D eigenvalue weighted by molar-refractivity contribution is 9.09. The van der Waals surface area contributed by atoms with Gasteiger partial charge in [-0.15, -0.1) is 0 Å². The van der Waals surface area contributed by atoms with E-state index in [4.69, 9.17) is 0 Å². The molecule has 21 heavy (non-hydrogen) atoms. The van der Waals surface area contributed by atoms with Gasteiger partial charge in [0.05, 0.1) is 5.52 Å². The van der Waals surface area contributed by atoms with Crippen molar-refractivity contribution >= 4 is 32.7 Å². The standard InChI is InChI=1S/C16H18BrN3O/c1-10-7-8-13(12(17)9-10)18-16(21)15-11-5-3-4-6-14(11)20(2)19-15/h3-6,12-13H,1,7-9H2,2H3,(H,18,21). The maximum atomic E-state index is 12.5. The van der Waals surface area contributed by atoms with E-state index < -0.39 is 0 Å². The Labute approximate surface area is 132 Å². The maximum Gasteiger partial charge on any atom is 0.272 e. The van der Waals surface area contributed by atoms with Gasteiger partial charge >= 0.3 is 0 Å². The molecule has 1 fully saturated rings. The second-order valence-corrected chi connectivity index (χ2v) is 6.75. The molecule has 0 spiro atoms. The van der Waals surface area contributed by atoms with Gasteiger partial charge in [0.25, 0.3) is 5.91 Å².